The third kappa shape index (κ3) is 26.6. The van der Waals surface area contributed by atoms with E-state index >= 15 is 0 Å². The van der Waals surface area contributed by atoms with Gasteiger partial charge in [0.25, 0.3) is 0 Å². The van der Waals surface area contributed by atoms with Crippen LogP contribution in [0.25, 0.3) is 54.8 Å². The Bertz CT molecular complexity index is 5940. The van der Waals surface area contributed by atoms with E-state index in [-0.39, 0.29) is 11.8 Å². The standard InChI is InChI=1S/C30H30BrClN2O.C30H31BrN2O.2C23H25BrN2O/c1-34(2)18-17-23(10-9-21-7-5-4-6-8-21)29(22-11-14-26(32)15-12-22)27-20-24-19-25(31)13-16-28(24)33-30(27)35-3;1-33(2)19-18-24(15-14-22-10-6-4-7-11-22)29(23-12-8-5-9-13-23)27-21-25-20-26(31)16-17-28(25)32-30(27)34-3;2*1-16(12-13-26(2)3)22(17-8-6-5-7-9-17)20-15-18-14-19(24)10-11-21(18)25-23(20)27-4/h4-8,11-16,19-20H,9-10,17-18H2,1-3H3;4-13,16-18,20-21,29H,14-15,19H2,1-3H3;5-11,14-15H,12-13H2,1-4H3;5-12,14-15,22H,13H2,1-4H3/b29-23+;24-18+;22-16+;16-12+. The molecule has 4 heterocycles. The number of methoxy groups -OCH3 is 4. The van der Waals surface area contributed by atoms with E-state index in [2.05, 4.69) is 366 Å². The Morgan fingerprint density at radius 1 is 0.358 bits per heavy atom. The molecule has 0 N–H and O–H groups in total. The summed E-state index contributed by atoms with van der Waals surface area (Å²) >= 11 is 20.6. The minimum absolute atomic E-state index is 0.0516. The summed E-state index contributed by atoms with van der Waals surface area (Å²) in [4.78, 5) is 28.1. The van der Waals surface area contributed by atoms with E-state index in [4.69, 9.17) is 50.5 Å². The van der Waals surface area contributed by atoms with Gasteiger partial charge in [0.2, 0.25) is 23.5 Å². The molecular weight excluding hydrogens is 1800 g/mol. The van der Waals surface area contributed by atoms with Crippen LogP contribution in [0.4, 0.5) is 0 Å². The number of aromatic nitrogens is 4. The van der Waals surface area contributed by atoms with Gasteiger partial charge in [-0.25, -0.2) is 19.9 Å². The summed E-state index contributed by atoms with van der Waals surface area (Å²) in [6.45, 7) is 8.11. The summed E-state index contributed by atoms with van der Waals surface area (Å²) < 4.78 is 27.3. The molecule has 0 aliphatic rings. The second kappa shape index (κ2) is 46.7. The fourth-order valence-corrected chi connectivity index (χ4v) is 16.8. The third-order valence-electron chi connectivity index (χ3n) is 21.4. The quantitative estimate of drug-likeness (QED) is 0.0401. The molecule has 123 heavy (non-hydrogen) atoms. The maximum atomic E-state index is 6.27. The van der Waals surface area contributed by atoms with E-state index < -0.39 is 0 Å². The minimum Gasteiger partial charge on any atom is -0.481 e. The average Bonchev–Trinajstić information content (AvgIpc) is 0.793. The maximum absolute atomic E-state index is 6.27. The van der Waals surface area contributed by atoms with Crippen molar-refractivity contribution in [3.63, 3.8) is 0 Å². The molecule has 2 unspecified atom stereocenters. The number of ether oxygens (including phenoxy) is 4. The second-order valence-electron chi connectivity index (χ2n) is 31.6. The molecule has 14 aromatic rings. The lowest BCUT2D eigenvalue weighted by atomic mass is 9.82. The lowest BCUT2D eigenvalue weighted by Gasteiger charge is -2.25. The number of pyridine rings is 4. The highest BCUT2D eigenvalue weighted by Gasteiger charge is 2.27. The Morgan fingerprint density at radius 3 is 1.14 bits per heavy atom. The molecule has 12 nitrogen and oxygen atoms in total. The van der Waals surface area contributed by atoms with E-state index in [1.807, 2.05) is 72.8 Å². The molecule has 0 fully saturated rings. The number of allylic oxidation sites excluding steroid dienone is 2. The number of nitrogens with zero attached hydrogens (tertiary/aromatic N) is 8. The zero-order valence-electron chi connectivity index (χ0n) is 73.0. The molecule has 0 saturated carbocycles. The molecule has 0 aliphatic heterocycles. The first-order valence-electron chi connectivity index (χ1n) is 41.4. The first kappa shape index (κ1) is 93.7. The maximum Gasteiger partial charge on any atom is 0.221 e. The Kier molecular flexibility index (Phi) is 35.6. The number of hydrogen-bond donors (Lipinski definition) is 0. The van der Waals surface area contributed by atoms with E-state index in [9.17, 15) is 0 Å². The zero-order chi connectivity index (χ0) is 87.5. The smallest absolute Gasteiger partial charge is 0.221 e. The Labute approximate surface area is 766 Å². The van der Waals surface area contributed by atoms with Crippen LogP contribution < -0.4 is 18.9 Å². The van der Waals surface area contributed by atoms with Crippen molar-refractivity contribution >= 4 is 130 Å². The van der Waals surface area contributed by atoms with Crippen LogP contribution in [0.15, 0.2) is 325 Å². The highest BCUT2D eigenvalue weighted by Crippen LogP contribution is 2.44. The van der Waals surface area contributed by atoms with Gasteiger partial charge in [-0.15, -0.1) is 0 Å². The fraction of sp³-hybridized carbons (Fsp3) is 0.245. The summed E-state index contributed by atoms with van der Waals surface area (Å²) in [5.74, 6) is 2.79. The highest BCUT2D eigenvalue weighted by atomic mass is 79.9. The molecule has 2 atom stereocenters. The van der Waals surface area contributed by atoms with E-state index in [0.717, 1.165) is 159 Å². The topological polar surface area (TPSA) is 101 Å². The first-order valence-corrected chi connectivity index (χ1v) is 45.0. The summed E-state index contributed by atoms with van der Waals surface area (Å²) in [7, 11) is 23.6. The average molecular weight is 1920 g/mol. The van der Waals surface area contributed by atoms with Crippen LogP contribution in [-0.2, 0) is 12.8 Å². The molecule has 17 heteroatoms. The number of halogens is 5. The summed E-state index contributed by atoms with van der Waals surface area (Å²) in [5, 5.41) is 5.08. The van der Waals surface area contributed by atoms with Crippen molar-refractivity contribution in [3.8, 4) is 23.5 Å². The molecule has 0 spiro atoms. The van der Waals surface area contributed by atoms with Crippen molar-refractivity contribution in [1.82, 2.24) is 39.5 Å². The number of aryl methyl sites for hydroxylation is 2. The lowest BCUT2D eigenvalue weighted by Crippen LogP contribution is -2.14. The molecule has 0 saturated heterocycles. The van der Waals surface area contributed by atoms with Crippen LogP contribution in [0.5, 0.6) is 23.5 Å². The Hall–Kier alpha value is -9.95. The molecule has 0 bridgehead atoms. The van der Waals surface area contributed by atoms with Crippen LogP contribution in [0.2, 0.25) is 5.02 Å². The van der Waals surface area contributed by atoms with E-state index in [1.165, 1.54) is 61.3 Å². The minimum atomic E-state index is 0.0516. The van der Waals surface area contributed by atoms with Crippen LogP contribution in [0.1, 0.15) is 107 Å². The summed E-state index contributed by atoms with van der Waals surface area (Å²) in [6, 6.07) is 94.6. The fourth-order valence-electron chi connectivity index (χ4n) is 15.2. The molecule has 10 aromatic carbocycles. The zero-order valence-corrected chi connectivity index (χ0v) is 80.1. The van der Waals surface area contributed by atoms with Gasteiger partial charge in [-0.1, -0.05) is 274 Å². The van der Waals surface area contributed by atoms with Gasteiger partial charge >= 0.3 is 0 Å². The van der Waals surface area contributed by atoms with E-state index in [1.54, 1.807) is 28.4 Å². The van der Waals surface area contributed by atoms with Crippen molar-refractivity contribution < 1.29 is 18.9 Å². The predicted octanol–water partition coefficient (Wildman–Crippen LogP) is 26.7. The van der Waals surface area contributed by atoms with Gasteiger partial charge in [-0.3, -0.25) is 0 Å². The van der Waals surface area contributed by atoms with Gasteiger partial charge in [0.15, 0.2) is 0 Å². The first-order chi connectivity index (χ1) is 59.5. The molecule has 634 valence electrons. The van der Waals surface area contributed by atoms with Gasteiger partial charge in [0.05, 0.1) is 50.5 Å². The number of rotatable bonds is 30. The molecule has 0 amide bonds. The van der Waals surface area contributed by atoms with Gasteiger partial charge < -0.3 is 38.5 Å². The molecule has 4 aromatic heterocycles. The largest absolute Gasteiger partial charge is 0.481 e. The van der Waals surface area contributed by atoms with Gasteiger partial charge in [-0.2, -0.15) is 0 Å². The van der Waals surface area contributed by atoms with E-state index in [0.29, 0.717) is 23.5 Å². The van der Waals surface area contributed by atoms with Crippen molar-refractivity contribution in [2.24, 2.45) is 0 Å². The van der Waals surface area contributed by atoms with Crippen LogP contribution in [0, 0.1) is 0 Å². The van der Waals surface area contributed by atoms with Crippen LogP contribution >= 0.6 is 75.3 Å². The number of likely N-dealkylation sites (N-methyl/N-ethyl adjacent to an activating group) is 2. The van der Waals surface area contributed by atoms with Crippen LogP contribution in [0.3, 0.4) is 0 Å². The molecular formula is C106H111Br4ClN8O4. The predicted molar refractivity (Wildman–Crippen MR) is 531 cm³/mol. The number of hydrogen-bond acceptors (Lipinski definition) is 12. The monoisotopic (exact) mass is 1910 g/mol. The highest BCUT2D eigenvalue weighted by molar-refractivity contribution is 9.11. The molecule has 0 aliphatic carbocycles. The van der Waals surface area contributed by atoms with Gasteiger partial charge in [0.1, 0.15) is 0 Å². The molecule has 14 rings (SSSR count). The number of fused-ring (bicyclic) bond motifs is 4. The lowest BCUT2D eigenvalue weighted by molar-refractivity contribution is 0.393. The van der Waals surface area contributed by atoms with Crippen molar-refractivity contribution in [2.45, 2.75) is 64.2 Å². The third-order valence-corrected chi connectivity index (χ3v) is 23.6. The second-order valence-corrected chi connectivity index (χ2v) is 35.7. The number of benzene rings is 10. The summed E-state index contributed by atoms with van der Waals surface area (Å²) in [6.07, 6.45) is 10.4. The van der Waals surface area contributed by atoms with Crippen LogP contribution in [-0.4, -0.2) is 151 Å². The Balaban J connectivity index is 0.000000161. The normalized spacial score (nSPS) is 12.6. The van der Waals surface area contributed by atoms with Crippen molar-refractivity contribution in [2.75, 3.05) is 111 Å². The van der Waals surface area contributed by atoms with Gasteiger partial charge in [0, 0.05) is 105 Å². The van der Waals surface area contributed by atoms with Crippen molar-refractivity contribution in [1.29, 1.82) is 0 Å². The Morgan fingerprint density at radius 2 is 0.715 bits per heavy atom. The summed E-state index contributed by atoms with van der Waals surface area (Å²) in [5.41, 5.74) is 23.1. The SMILES string of the molecule is COc1nc2ccc(Br)cc2cc1/C(=C(\C)CCN(C)C)c1ccccc1.COc1nc2ccc(Br)cc2cc1/C(=C(\CCc1ccccc1)CCN(C)C)c1ccc(Cl)cc1.COc1nc2ccc(Br)cc2cc1C(/C(=C/CN(C)C)CCc1ccccc1)c1ccccc1.COc1nc2ccc(Br)cc2cc1C(/C(C)=C/CN(C)C)c1ccccc1. The van der Waals surface area contributed by atoms with Gasteiger partial charge in [-0.05, 0) is 262 Å². The molecule has 0 radical (unpaired) electrons. The van der Waals surface area contributed by atoms with Crippen molar-refractivity contribution in [3.05, 3.63) is 386 Å².